The molecule has 1 aliphatic heterocycles. The lowest BCUT2D eigenvalue weighted by Crippen LogP contribution is -2.28. The third-order valence-electron chi connectivity index (χ3n) is 4.78. The number of rotatable bonds is 7. The van der Waals surface area contributed by atoms with Crippen molar-refractivity contribution in [1.29, 1.82) is 0 Å². The summed E-state index contributed by atoms with van der Waals surface area (Å²) in [6, 6.07) is 6.13. The van der Waals surface area contributed by atoms with E-state index in [1.807, 2.05) is 0 Å². The first-order chi connectivity index (χ1) is 15.7. The van der Waals surface area contributed by atoms with Crippen LogP contribution in [0.3, 0.4) is 0 Å². The maximum atomic E-state index is 12.8. The Balaban J connectivity index is 1.87. The Bertz CT molecular complexity index is 1190. The number of carbonyl (C=O) groups is 1. The van der Waals surface area contributed by atoms with Crippen molar-refractivity contribution in [3.05, 3.63) is 51.6 Å². The van der Waals surface area contributed by atoms with Gasteiger partial charge in [0.2, 0.25) is 5.78 Å². The van der Waals surface area contributed by atoms with E-state index in [1.54, 1.807) is 44.2 Å². The molecule has 9 heteroatoms. The van der Waals surface area contributed by atoms with Crippen LogP contribution in [0.2, 0.25) is 0 Å². The van der Waals surface area contributed by atoms with Crippen LogP contribution in [0.15, 0.2) is 30.3 Å². The van der Waals surface area contributed by atoms with E-state index in [-0.39, 0.29) is 34.9 Å². The van der Waals surface area contributed by atoms with E-state index in [4.69, 9.17) is 23.7 Å². The van der Waals surface area contributed by atoms with Crippen LogP contribution in [0.5, 0.6) is 28.7 Å². The van der Waals surface area contributed by atoms with Crippen molar-refractivity contribution in [2.45, 2.75) is 19.4 Å². The average Bonchev–Trinajstić information content (AvgIpc) is 2.79. The van der Waals surface area contributed by atoms with Gasteiger partial charge in [0.15, 0.2) is 23.0 Å². The van der Waals surface area contributed by atoms with Crippen LogP contribution in [0.4, 0.5) is 5.69 Å². The maximum Gasteiger partial charge on any atom is 0.281 e. The number of nitrogens with zero attached hydrogens (tertiary/aromatic N) is 1. The van der Waals surface area contributed by atoms with E-state index in [0.29, 0.717) is 17.2 Å². The molecule has 0 N–H and O–H groups in total. The molecule has 2 aromatic rings. The third-order valence-corrected chi connectivity index (χ3v) is 4.78. The van der Waals surface area contributed by atoms with Crippen molar-refractivity contribution in [2.24, 2.45) is 0 Å². The van der Waals surface area contributed by atoms with Gasteiger partial charge in [-0.3, -0.25) is 14.9 Å². The van der Waals surface area contributed by atoms with Gasteiger partial charge in [-0.2, -0.15) is 0 Å². The van der Waals surface area contributed by atoms with Gasteiger partial charge < -0.3 is 23.7 Å². The molecule has 33 heavy (non-hydrogen) atoms. The van der Waals surface area contributed by atoms with Gasteiger partial charge in [-0.1, -0.05) is 5.92 Å². The van der Waals surface area contributed by atoms with Gasteiger partial charge in [-0.05, 0) is 44.1 Å². The van der Waals surface area contributed by atoms with E-state index in [2.05, 4.69) is 11.8 Å². The minimum Gasteiger partial charge on any atom is -0.493 e. The Morgan fingerprint density at radius 1 is 1.12 bits per heavy atom. The van der Waals surface area contributed by atoms with Gasteiger partial charge in [0.25, 0.3) is 5.69 Å². The summed E-state index contributed by atoms with van der Waals surface area (Å²) >= 11 is 0. The Kier molecular flexibility index (Phi) is 6.78. The Morgan fingerprint density at radius 2 is 1.85 bits per heavy atom. The zero-order valence-corrected chi connectivity index (χ0v) is 18.9. The van der Waals surface area contributed by atoms with Crippen LogP contribution in [0, 0.1) is 22.0 Å². The minimum absolute atomic E-state index is 0.0623. The fourth-order valence-electron chi connectivity index (χ4n) is 3.22. The summed E-state index contributed by atoms with van der Waals surface area (Å²) in [6.45, 7) is 3.48. The normalized spacial score (nSPS) is 13.0. The van der Waals surface area contributed by atoms with Gasteiger partial charge in [0, 0.05) is 12.1 Å². The second kappa shape index (κ2) is 9.53. The number of ether oxygens (including phenoxy) is 5. The van der Waals surface area contributed by atoms with Crippen molar-refractivity contribution in [3.63, 3.8) is 0 Å². The molecular weight excluding hydrogens is 430 g/mol. The lowest BCUT2D eigenvalue weighted by atomic mass is 9.97. The molecular formula is C24H23NO8. The van der Waals surface area contributed by atoms with Gasteiger partial charge in [-0.15, -0.1) is 0 Å². The van der Waals surface area contributed by atoms with Gasteiger partial charge in [0.05, 0.1) is 37.4 Å². The quantitative estimate of drug-likeness (QED) is 0.203. The lowest BCUT2D eigenvalue weighted by molar-refractivity contribution is -0.385. The minimum atomic E-state index is -0.727. The molecule has 0 saturated heterocycles. The number of fused-ring (bicyclic) bond motifs is 1. The van der Waals surface area contributed by atoms with Crippen LogP contribution >= 0.6 is 0 Å². The molecule has 0 aromatic heterocycles. The second-order valence-electron chi connectivity index (χ2n) is 7.45. The van der Waals surface area contributed by atoms with Gasteiger partial charge in [0.1, 0.15) is 18.0 Å². The van der Waals surface area contributed by atoms with Gasteiger partial charge >= 0.3 is 0 Å². The number of nitro benzene ring substituents is 1. The molecule has 1 aliphatic rings. The van der Waals surface area contributed by atoms with Crippen LogP contribution < -0.4 is 23.7 Å². The number of methoxy groups -OCH3 is 3. The highest BCUT2D eigenvalue weighted by Gasteiger charge is 2.33. The Labute approximate surface area is 191 Å². The molecule has 1 heterocycles. The topological polar surface area (TPSA) is 106 Å². The third kappa shape index (κ3) is 5.01. The van der Waals surface area contributed by atoms with E-state index in [0.717, 1.165) is 6.07 Å². The molecule has 0 spiro atoms. The summed E-state index contributed by atoms with van der Waals surface area (Å²) < 4.78 is 27.2. The molecule has 0 atom stereocenters. The smallest absolute Gasteiger partial charge is 0.281 e. The summed E-state index contributed by atoms with van der Waals surface area (Å²) in [6.07, 6.45) is 3.30. The highest BCUT2D eigenvalue weighted by atomic mass is 16.6. The molecule has 0 fully saturated rings. The standard InChI is InChI=1S/C24H23NO8/c1-24(2)11-10-16-18(25(27)28)14-17(22(31-5)23(16)33-24)19(26)7-6-12-32-15-8-9-20(29-3)21(13-15)30-4/h8-11,13-14H,12H2,1-5H3. The molecule has 172 valence electrons. The summed E-state index contributed by atoms with van der Waals surface area (Å²) in [5.41, 5.74) is -0.830. The zero-order valence-electron chi connectivity index (χ0n) is 18.9. The number of ketones is 1. The van der Waals surface area contributed by atoms with Crippen molar-refractivity contribution < 1.29 is 33.4 Å². The molecule has 0 amide bonds. The first kappa shape index (κ1) is 23.5. The number of nitro groups is 1. The summed E-state index contributed by atoms with van der Waals surface area (Å²) in [7, 11) is 4.39. The second-order valence-corrected chi connectivity index (χ2v) is 7.45. The van der Waals surface area contributed by atoms with Crippen molar-refractivity contribution in [3.8, 4) is 40.6 Å². The number of benzene rings is 2. The van der Waals surface area contributed by atoms with E-state index in [9.17, 15) is 14.9 Å². The first-order valence-electron chi connectivity index (χ1n) is 9.86. The Hall–Kier alpha value is -4.19. The van der Waals surface area contributed by atoms with Crippen LogP contribution in [0.1, 0.15) is 29.8 Å². The molecule has 0 bridgehead atoms. The lowest BCUT2D eigenvalue weighted by Gasteiger charge is -2.29. The number of Topliss-reactive ketones (excluding diaryl/α,β-unsaturated/α-hetero) is 1. The van der Waals surface area contributed by atoms with Crippen molar-refractivity contribution >= 4 is 17.5 Å². The highest BCUT2D eigenvalue weighted by Crippen LogP contribution is 2.45. The number of hydrogen-bond donors (Lipinski definition) is 0. The average molecular weight is 453 g/mol. The monoisotopic (exact) mass is 453 g/mol. The summed E-state index contributed by atoms with van der Waals surface area (Å²) in [5.74, 6) is 6.13. The fourth-order valence-corrected chi connectivity index (χ4v) is 3.22. The van der Waals surface area contributed by atoms with Crippen LogP contribution in [-0.2, 0) is 0 Å². The fraction of sp³-hybridized carbons (Fsp3) is 0.292. The largest absolute Gasteiger partial charge is 0.493 e. The summed E-state index contributed by atoms with van der Waals surface area (Å²) in [4.78, 5) is 23.8. The van der Waals surface area contributed by atoms with Crippen molar-refractivity contribution in [1.82, 2.24) is 0 Å². The predicted molar refractivity (Wildman–Crippen MR) is 121 cm³/mol. The SMILES string of the molecule is COc1ccc(OCC#CC(=O)c2cc([N+](=O)[O-])c3c(c2OC)OC(C)(C)C=C3)cc1OC. The van der Waals surface area contributed by atoms with Crippen LogP contribution in [-0.4, -0.2) is 44.2 Å². The summed E-state index contributed by atoms with van der Waals surface area (Å²) in [5, 5.41) is 11.6. The van der Waals surface area contributed by atoms with Crippen LogP contribution in [0.25, 0.3) is 6.08 Å². The highest BCUT2D eigenvalue weighted by molar-refractivity contribution is 6.12. The Morgan fingerprint density at radius 3 is 2.48 bits per heavy atom. The zero-order chi connectivity index (χ0) is 24.2. The number of carbonyl (C=O) groups excluding carboxylic acids is 1. The molecule has 3 rings (SSSR count). The van der Waals surface area contributed by atoms with E-state index >= 15 is 0 Å². The molecule has 2 aromatic carbocycles. The predicted octanol–water partition coefficient (Wildman–Crippen LogP) is 4.07. The molecule has 9 nitrogen and oxygen atoms in total. The maximum absolute atomic E-state index is 12.8. The number of hydrogen-bond acceptors (Lipinski definition) is 8. The molecule has 0 unspecified atom stereocenters. The van der Waals surface area contributed by atoms with Gasteiger partial charge in [-0.25, -0.2) is 0 Å². The molecule has 0 radical (unpaired) electrons. The molecule has 0 saturated carbocycles. The van der Waals surface area contributed by atoms with E-state index < -0.39 is 16.3 Å². The van der Waals surface area contributed by atoms with Crippen molar-refractivity contribution in [2.75, 3.05) is 27.9 Å². The molecule has 0 aliphatic carbocycles. The van der Waals surface area contributed by atoms with E-state index in [1.165, 1.54) is 21.3 Å². The first-order valence-corrected chi connectivity index (χ1v) is 9.86.